The van der Waals surface area contributed by atoms with Crippen molar-refractivity contribution < 1.29 is 19.7 Å². The zero-order chi connectivity index (χ0) is 17.5. The van der Waals surface area contributed by atoms with Gasteiger partial charge in [-0.05, 0) is 42.0 Å². The quantitative estimate of drug-likeness (QED) is 0.412. The summed E-state index contributed by atoms with van der Waals surface area (Å²) >= 11 is 3.24. The van der Waals surface area contributed by atoms with Gasteiger partial charge in [0.05, 0.1) is 11.8 Å². The summed E-state index contributed by atoms with van der Waals surface area (Å²) in [5, 5.41) is 31.2. The van der Waals surface area contributed by atoms with Gasteiger partial charge in [0, 0.05) is 4.47 Å². The van der Waals surface area contributed by atoms with E-state index in [9.17, 15) is 15.0 Å². The molecule has 0 radical (unpaired) electrons. The van der Waals surface area contributed by atoms with Gasteiger partial charge in [0.25, 0.3) is 5.91 Å². The van der Waals surface area contributed by atoms with Gasteiger partial charge in [-0.1, -0.05) is 15.9 Å². The average molecular weight is 390 g/mol. The molecule has 0 bridgehead atoms. The molecule has 0 aliphatic rings. The van der Waals surface area contributed by atoms with Gasteiger partial charge in [0.15, 0.2) is 18.1 Å². The summed E-state index contributed by atoms with van der Waals surface area (Å²) in [5.74, 6) is -0.746. The van der Waals surface area contributed by atoms with E-state index in [2.05, 4.69) is 26.5 Å². The van der Waals surface area contributed by atoms with Crippen LogP contribution in [0.4, 0.5) is 0 Å². The number of benzene rings is 2. The Kier molecular flexibility index (Phi) is 5.76. The molecule has 0 aliphatic heterocycles. The average Bonchev–Trinajstić information content (AvgIpc) is 2.56. The van der Waals surface area contributed by atoms with Gasteiger partial charge in [0.2, 0.25) is 0 Å². The molecular formula is C16H12BrN3O4. The molecular weight excluding hydrogens is 378 g/mol. The lowest BCUT2D eigenvalue weighted by molar-refractivity contribution is -0.123. The van der Waals surface area contributed by atoms with Crippen LogP contribution in [0.3, 0.4) is 0 Å². The minimum Gasteiger partial charge on any atom is -0.504 e. The number of amides is 1. The number of hydrazone groups is 1. The lowest BCUT2D eigenvalue weighted by Gasteiger charge is -2.07. The molecule has 0 saturated heterocycles. The van der Waals surface area contributed by atoms with Crippen LogP contribution >= 0.6 is 15.9 Å². The minimum absolute atomic E-state index is 0.243. The monoisotopic (exact) mass is 389 g/mol. The predicted molar refractivity (Wildman–Crippen MR) is 89.9 cm³/mol. The summed E-state index contributed by atoms with van der Waals surface area (Å²) in [7, 11) is 0. The lowest BCUT2D eigenvalue weighted by atomic mass is 10.2. The summed E-state index contributed by atoms with van der Waals surface area (Å²) in [6.45, 7) is -0.311. The predicted octanol–water partition coefficient (Wildman–Crippen LogP) is 2.26. The third-order valence-corrected chi connectivity index (χ3v) is 3.32. The maximum absolute atomic E-state index is 11.7. The molecule has 2 rings (SSSR count). The highest BCUT2D eigenvalue weighted by molar-refractivity contribution is 9.10. The Bertz CT molecular complexity index is 831. The first-order valence-electron chi connectivity index (χ1n) is 6.66. The van der Waals surface area contributed by atoms with Crippen LogP contribution in [0.5, 0.6) is 17.2 Å². The first-order valence-corrected chi connectivity index (χ1v) is 7.45. The van der Waals surface area contributed by atoms with Crippen molar-refractivity contribution in [2.75, 3.05) is 6.61 Å². The SMILES string of the molecule is N#Cc1cc(Br)ccc1OCC(=O)NN=Cc1ccc(O)c(O)c1. The number of nitriles is 1. The first kappa shape index (κ1) is 17.3. The Balaban J connectivity index is 1.89. The van der Waals surface area contributed by atoms with Crippen molar-refractivity contribution in [1.82, 2.24) is 5.43 Å². The first-order chi connectivity index (χ1) is 11.5. The van der Waals surface area contributed by atoms with Crippen LogP contribution in [-0.2, 0) is 4.79 Å². The van der Waals surface area contributed by atoms with Crippen LogP contribution in [0.15, 0.2) is 46.0 Å². The van der Waals surface area contributed by atoms with Crippen molar-refractivity contribution >= 4 is 28.1 Å². The van der Waals surface area contributed by atoms with Crippen molar-refractivity contribution in [3.63, 3.8) is 0 Å². The van der Waals surface area contributed by atoms with Crippen molar-refractivity contribution in [3.05, 3.63) is 52.0 Å². The number of phenols is 2. The molecule has 0 aliphatic carbocycles. The highest BCUT2D eigenvalue weighted by atomic mass is 79.9. The minimum atomic E-state index is -0.513. The highest BCUT2D eigenvalue weighted by Crippen LogP contribution is 2.24. The molecule has 8 heteroatoms. The number of rotatable bonds is 5. The maximum Gasteiger partial charge on any atom is 0.277 e. The molecule has 1 amide bonds. The second kappa shape index (κ2) is 7.99. The second-order valence-corrected chi connectivity index (χ2v) is 5.50. The van der Waals surface area contributed by atoms with Crippen molar-refractivity contribution in [2.24, 2.45) is 5.10 Å². The van der Waals surface area contributed by atoms with Crippen LogP contribution < -0.4 is 10.2 Å². The summed E-state index contributed by atoms with van der Waals surface area (Å²) in [6, 6.07) is 11.0. The molecule has 0 unspecified atom stereocenters. The fraction of sp³-hybridized carbons (Fsp3) is 0.0625. The van der Waals surface area contributed by atoms with Gasteiger partial charge in [0.1, 0.15) is 11.8 Å². The summed E-state index contributed by atoms with van der Waals surface area (Å²) in [5.41, 5.74) is 3.05. The third-order valence-electron chi connectivity index (χ3n) is 2.82. The molecule has 2 aromatic rings. The standard InChI is InChI=1S/C16H12BrN3O4/c17-12-2-4-15(11(6-12)7-18)24-9-16(23)20-19-8-10-1-3-13(21)14(22)5-10/h1-6,8,21-22H,9H2,(H,20,23). The molecule has 0 saturated carbocycles. The fourth-order valence-electron chi connectivity index (χ4n) is 1.69. The zero-order valence-corrected chi connectivity index (χ0v) is 13.8. The molecule has 7 nitrogen and oxygen atoms in total. The molecule has 24 heavy (non-hydrogen) atoms. The molecule has 0 heterocycles. The van der Waals surface area contributed by atoms with E-state index >= 15 is 0 Å². The molecule has 2 aromatic carbocycles. The zero-order valence-electron chi connectivity index (χ0n) is 12.2. The van der Waals surface area contributed by atoms with E-state index in [-0.39, 0.29) is 18.1 Å². The van der Waals surface area contributed by atoms with Crippen molar-refractivity contribution in [1.29, 1.82) is 5.26 Å². The van der Waals surface area contributed by atoms with Gasteiger partial charge in [-0.3, -0.25) is 4.79 Å². The van der Waals surface area contributed by atoms with Crippen LogP contribution in [0.2, 0.25) is 0 Å². The van der Waals surface area contributed by atoms with E-state index in [1.165, 1.54) is 24.4 Å². The molecule has 3 N–H and O–H groups in total. The van der Waals surface area contributed by atoms with E-state index in [1.807, 2.05) is 6.07 Å². The number of phenolic OH excluding ortho intramolecular Hbond substituents is 2. The van der Waals surface area contributed by atoms with Crippen LogP contribution in [0, 0.1) is 11.3 Å². The topological polar surface area (TPSA) is 115 Å². The van der Waals surface area contributed by atoms with Crippen LogP contribution in [0.1, 0.15) is 11.1 Å². The van der Waals surface area contributed by atoms with E-state index in [1.54, 1.807) is 18.2 Å². The summed E-state index contributed by atoms with van der Waals surface area (Å²) in [6.07, 6.45) is 1.30. The van der Waals surface area contributed by atoms with Crippen LogP contribution in [0.25, 0.3) is 0 Å². The number of nitrogens with zero attached hydrogens (tertiary/aromatic N) is 2. The third kappa shape index (κ3) is 4.72. The molecule has 0 spiro atoms. The number of hydrogen-bond acceptors (Lipinski definition) is 6. The van der Waals surface area contributed by atoms with E-state index in [4.69, 9.17) is 10.00 Å². The highest BCUT2D eigenvalue weighted by Gasteiger charge is 2.07. The molecule has 0 atom stereocenters. The van der Waals surface area contributed by atoms with Crippen molar-refractivity contribution in [3.8, 4) is 23.3 Å². The Hall–Kier alpha value is -3.05. The number of hydrogen-bond donors (Lipinski definition) is 3. The Labute approximate surface area is 145 Å². The summed E-state index contributed by atoms with van der Waals surface area (Å²) in [4.78, 5) is 11.7. The van der Waals surface area contributed by atoms with Gasteiger partial charge >= 0.3 is 0 Å². The molecule has 0 fully saturated rings. The Morgan fingerprint density at radius 2 is 2.08 bits per heavy atom. The van der Waals surface area contributed by atoms with E-state index in [0.717, 1.165) is 4.47 Å². The number of carbonyl (C=O) groups excluding carboxylic acids is 1. The number of ether oxygens (including phenoxy) is 1. The maximum atomic E-state index is 11.7. The lowest BCUT2D eigenvalue weighted by Crippen LogP contribution is -2.24. The van der Waals surface area contributed by atoms with Crippen LogP contribution in [-0.4, -0.2) is 28.9 Å². The fourth-order valence-corrected chi connectivity index (χ4v) is 2.05. The van der Waals surface area contributed by atoms with Gasteiger partial charge in [-0.2, -0.15) is 10.4 Å². The van der Waals surface area contributed by atoms with E-state index < -0.39 is 5.91 Å². The normalized spacial score (nSPS) is 10.3. The number of aromatic hydroxyl groups is 2. The number of nitrogens with one attached hydrogen (secondary N) is 1. The Morgan fingerprint density at radius 3 is 2.79 bits per heavy atom. The smallest absolute Gasteiger partial charge is 0.277 e. The number of halogens is 1. The summed E-state index contributed by atoms with van der Waals surface area (Å²) < 4.78 is 6.01. The van der Waals surface area contributed by atoms with Gasteiger partial charge in [-0.25, -0.2) is 5.43 Å². The second-order valence-electron chi connectivity index (χ2n) is 4.58. The molecule has 0 aromatic heterocycles. The van der Waals surface area contributed by atoms with Gasteiger partial charge in [-0.15, -0.1) is 0 Å². The van der Waals surface area contributed by atoms with E-state index in [0.29, 0.717) is 16.9 Å². The Morgan fingerprint density at radius 1 is 1.29 bits per heavy atom. The largest absolute Gasteiger partial charge is 0.504 e. The molecule has 122 valence electrons. The number of carbonyl (C=O) groups is 1. The van der Waals surface area contributed by atoms with Crippen molar-refractivity contribution in [2.45, 2.75) is 0 Å². The van der Waals surface area contributed by atoms with Gasteiger partial charge < -0.3 is 14.9 Å².